The van der Waals surface area contributed by atoms with Crippen molar-refractivity contribution in [1.29, 1.82) is 0 Å². The number of halogens is 2. The maximum Gasteiger partial charge on any atom is 0.240 e. The zero-order chi connectivity index (χ0) is 16.1. The topological polar surface area (TPSA) is 70.9 Å². The fraction of sp³-hybridized carbons (Fsp3) is 0.333. The first-order valence-electron chi connectivity index (χ1n) is 6.77. The van der Waals surface area contributed by atoms with Gasteiger partial charge in [-0.3, -0.25) is 4.79 Å². The summed E-state index contributed by atoms with van der Waals surface area (Å²) < 4.78 is 20.0. The summed E-state index contributed by atoms with van der Waals surface area (Å²) in [5, 5.41) is 12.6. The fourth-order valence-electron chi connectivity index (χ4n) is 2.12. The average molecular weight is 371 g/mol. The molecule has 1 aliphatic heterocycles. The number of hydrogen-bond donors (Lipinski definition) is 2. The number of nitrogens with zero attached hydrogens (tertiary/aromatic N) is 1. The van der Waals surface area contributed by atoms with Gasteiger partial charge >= 0.3 is 0 Å². The fourth-order valence-corrected chi connectivity index (χ4v) is 2.67. The summed E-state index contributed by atoms with van der Waals surface area (Å²) in [4.78, 5) is 11.3. The Hall–Kier alpha value is -1.73. The number of rotatable bonds is 5. The molecule has 0 fully saturated rings. The molecule has 0 radical (unpaired) electrons. The summed E-state index contributed by atoms with van der Waals surface area (Å²) in [5.41, 5.74) is 3.63. The van der Waals surface area contributed by atoms with Crippen molar-refractivity contribution in [1.82, 2.24) is 5.43 Å². The molecule has 1 aromatic rings. The van der Waals surface area contributed by atoms with E-state index in [1.54, 1.807) is 12.1 Å². The van der Waals surface area contributed by atoms with Crippen LogP contribution in [0.1, 0.15) is 18.9 Å². The van der Waals surface area contributed by atoms with Gasteiger partial charge in [0.2, 0.25) is 5.91 Å². The van der Waals surface area contributed by atoms with Crippen LogP contribution < -0.4 is 10.2 Å². The second-order valence-corrected chi connectivity index (χ2v) is 5.73. The van der Waals surface area contributed by atoms with Gasteiger partial charge in [0, 0.05) is 17.9 Å². The number of aliphatic hydroxyl groups excluding tert-OH is 1. The molecule has 1 unspecified atom stereocenters. The van der Waals surface area contributed by atoms with Gasteiger partial charge in [-0.1, -0.05) is 13.0 Å². The maximum atomic E-state index is 14.2. The number of nitrogens with one attached hydrogen (secondary N) is 1. The van der Waals surface area contributed by atoms with E-state index in [4.69, 9.17) is 9.84 Å². The van der Waals surface area contributed by atoms with Crippen LogP contribution in [-0.4, -0.2) is 29.9 Å². The normalized spacial score (nSPS) is 18.3. The minimum atomic E-state index is -0.520. The Balaban J connectivity index is 2.22. The average Bonchev–Trinajstić information content (AvgIpc) is 2.45. The van der Waals surface area contributed by atoms with E-state index in [1.807, 2.05) is 6.92 Å². The molecule has 22 heavy (non-hydrogen) atoms. The third-order valence-electron chi connectivity index (χ3n) is 3.15. The van der Waals surface area contributed by atoms with Crippen LogP contribution in [0.5, 0.6) is 5.75 Å². The Labute approximate surface area is 136 Å². The molecule has 0 saturated carbocycles. The summed E-state index contributed by atoms with van der Waals surface area (Å²) in [6.45, 7) is 1.94. The van der Waals surface area contributed by atoms with Crippen LogP contribution in [0.25, 0.3) is 0 Å². The van der Waals surface area contributed by atoms with Gasteiger partial charge in [0.25, 0.3) is 0 Å². The lowest BCUT2D eigenvalue weighted by molar-refractivity contribution is -0.121. The Morgan fingerprint density at radius 2 is 2.32 bits per heavy atom. The van der Waals surface area contributed by atoms with Gasteiger partial charge in [-0.25, -0.2) is 9.82 Å². The maximum absolute atomic E-state index is 14.2. The first-order chi connectivity index (χ1) is 10.5. The van der Waals surface area contributed by atoms with Crippen LogP contribution >= 0.6 is 15.9 Å². The third-order valence-corrected chi connectivity index (χ3v) is 3.74. The molecular formula is C15H16BrFN2O3. The third kappa shape index (κ3) is 3.92. The number of carbonyl (C=O) groups is 1. The van der Waals surface area contributed by atoms with E-state index in [2.05, 4.69) is 26.5 Å². The van der Waals surface area contributed by atoms with Crippen LogP contribution in [0, 0.1) is 11.7 Å². The Morgan fingerprint density at radius 1 is 1.55 bits per heavy atom. The molecule has 7 heteroatoms. The lowest BCUT2D eigenvalue weighted by Crippen LogP contribution is -2.32. The van der Waals surface area contributed by atoms with Crippen molar-refractivity contribution in [2.45, 2.75) is 13.3 Å². The zero-order valence-electron chi connectivity index (χ0n) is 12.0. The van der Waals surface area contributed by atoms with Crippen molar-refractivity contribution < 1.29 is 19.0 Å². The monoisotopic (exact) mass is 370 g/mol. The number of amides is 1. The molecule has 1 amide bonds. The molecule has 2 rings (SSSR count). The van der Waals surface area contributed by atoms with E-state index in [-0.39, 0.29) is 30.8 Å². The van der Waals surface area contributed by atoms with Crippen LogP contribution in [0.3, 0.4) is 0 Å². The van der Waals surface area contributed by atoms with Gasteiger partial charge < -0.3 is 9.84 Å². The van der Waals surface area contributed by atoms with Gasteiger partial charge in [0.05, 0.1) is 16.8 Å². The van der Waals surface area contributed by atoms with Crippen LogP contribution in [0.2, 0.25) is 0 Å². The molecule has 0 spiro atoms. The minimum Gasteiger partial charge on any atom is -0.485 e. The van der Waals surface area contributed by atoms with E-state index >= 15 is 0 Å². The van der Waals surface area contributed by atoms with Gasteiger partial charge in [0.1, 0.15) is 6.61 Å². The Bertz CT molecular complexity index is 608. The molecule has 118 valence electrons. The van der Waals surface area contributed by atoms with Crippen LogP contribution in [0.15, 0.2) is 33.9 Å². The number of aliphatic hydroxyl groups is 1. The van der Waals surface area contributed by atoms with E-state index in [0.29, 0.717) is 22.2 Å². The molecule has 1 aliphatic rings. The van der Waals surface area contributed by atoms with E-state index in [0.717, 1.165) is 0 Å². The minimum absolute atomic E-state index is 0.0840. The van der Waals surface area contributed by atoms with Crippen molar-refractivity contribution in [3.63, 3.8) is 0 Å². The van der Waals surface area contributed by atoms with Gasteiger partial charge in [-0.15, -0.1) is 0 Å². The van der Waals surface area contributed by atoms with E-state index in [1.165, 1.54) is 12.1 Å². The lowest BCUT2D eigenvalue weighted by atomic mass is 9.94. The molecule has 0 aromatic heterocycles. The largest absolute Gasteiger partial charge is 0.485 e. The smallest absolute Gasteiger partial charge is 0.240 e. The van der Waals surface area contributed by atoms with Crippen molar-refractivity contribution in [2.75, 3.05) is 13.2 Å². The summed E-state index contributed by atoms with van der Waals surface area (Å²) in [6.07, 6.45) is 3.44. The molecule has 1 aromatic carbocycles. The van der Waals surface area contributed by atoms with Crippen LogP contribution in [-0.2, 0) is 4.79 Å². The van der Waals surface area contributed by atoms with Crippen LogP contribution in [0.4, 0.5) is 4.39 Å². The van der Waals surface area contributed by atoms with Crippen molar-refractivity contribution in [2.24, 2.45) is 11.0 Å². The van der Waals surface area contributed by atoms with Gasteiger partial charge in [0.15, 0.2) is 11.6 Å². The van der Waals surface area contributed by atoms with Crippen molar-refractivity contribution in [3.05, 3.63) is 40.1 Å². The standard InChI is InChI=1S/C15H16BrFN2O3/c1-9-6-13(21)18-19-14(9)10-7-11(16)15(12(17)8-10)22-5-3-2-4-20/h2-3,7-9,20H,4-6H2,1H3,(H,18,21)/b3-2-. The molecule has 5 nitrogen and oxygen atoms in total. The Morgan fingerprint density at radius 3 is 2.95 bits per heavy atom. The van der Waals surface area contributed by atoms with Crippen molar-refractivity contribution >= 4 is 27.5 Å². The molecule has 1 atom stereocenters. The second kappa shape index (κ2) is 7.51. The quantitative estimate of drug-likeness (QED) is 0.781. The second-order valence-electron chi connectivity index (χ2n) is 4.87. The SMILES string of the molecule is CC1CC(=O)NN=C1c1cc(F)c(OC/C=C\CO)c(Br)c1. The predicted octanol–water partition coefficient (Wildman–Crippen LogP) is 2.38. The number of benzene rings is 1. The summed E-state index contributed by atoms with van der Waals surface area (Å²) >= 11 is 3.28. The highest BCUT2D eigenvalue weighted by molar-refractivity contribution is 9.10. The molecular weight excluding hydrogens is 355 g/mol. The first kappa shape index (κ1) is 16.6. The molecule has 1 heterocycles. The summed E-state index contributed by atoms with van der Waals surface area (Å²) in [5.74, 6) is -0.654. The highest BCUT2D eigenvalue weighted by Crippen LogP contribution is 2.31. The Kier molecular flexibility index (Phi) is 5.68. The van der Waals surface area contributed by atoms with E-state index < -0.39 is 5.82 Å². The van der Waals surface area contributed by atoms with Gasteiger partial charge in [-0.2, -0.15) is 5.10 Å². The summed E-state index contributed by atoms with van der Waals surface area (Å²) in [6, 6.07) is 3.05. The number of carbonyl (C=O) groups excluding carboxylic acids is 1. The summed E-state index contributed by atoms with van der Waals surface area (Å²) in [7, 11) is 0. The molecule has 0 bridgehead atoms. The molecule has 0 saturated heterocycles. The number of hydrazone groups is 1. The predicted molar refractivity (Wildman–Crippen MR) is 84.3 cm³/mol. The van der Waals surface area contributed by atoms with Crippen molar-refractivity contribution in [3.8, 4) is 5.75 Å². The molecule has 0 aliphatic carbocycles. The van der Waals surface area contributed by atoms with E-state index in [9.17, 15) is 9.18 Å². The highest BCUT2D eigenvalue weighted by atomic mass is 79.9. The van der Waals surface area contributed by atoms with Gasteiger partial charge in [-0.05, 0) is 34.1 Å². The molecule has 2 N–H and O–H groups in total. The highest BCUT2D eigenvalue weighted by Gasteiger charge is 2.23. The number of ether oxygens (including phenoxy) is 1. The lowest BCUT2D eigenvalue weighted by Gasteiger charge is -2.20. The zero-order valence-corrected chi connectivity index (χ0v) is 13.6. The number of hydrogen-bond acceptors (Lipinski definition) is 4. The first-order valence-corrected chi connectivity index (χ1v) is 7.56.